The zero-order chi connectivity index (χ0) is 32.8. The van der Waals surface area contributed by atoms with E-state index < -0.39 is 0 Å². The van der Waals surface area contributed by atoms with E-state index in [1.54, 1.807) is 0 Å². The molecule has 1 amide bonds. The second kappa shape index (κ2) is 17.8. The first kappa shape index (κ1) is 35.9. The molecule has 2 heterocycles. The molecule has 2 aromatic rings. The van der Waals surface area contributed by atoms with Crippen LogP contribution in [0.25, 0.3) is 0 Å². The van der Waals surface area contributed by atoms with Gasteiger partial charge in [0.2, 0.25) is 11.6 Å². The summed E-state index contributed by atoms with van der Waals surface area (Å²) in [6, 6.07) is 17.3. The van der Waals surface area contributed by atoms with Crippen molar-refractivity contribution in [3.8, 4) is 0 Å². The molecule has 4 rings (SSSR count). The average Bonchev–Trinajstić information content (AvgIpc) is 3.43. The number of fused-ring (bicyclic) bond motifs is 2. The lowest BCUT2D eigenvalue weighted by molar-refractivity contribution is -0.438. The molecular weight excluding hydrogens is 594 g/mol. The Kier molecular flexibility index (Phi) is 13.9. The lowest BCUT2D eigenvalue weighted by Gasteiger charge is -2.20. The van der Waals surface area contributed by atoms with E-state index in [0.717, 1.165) is 64.0 Å². The van der Waals surface area contributed by atoms with Crippen LogP contribution in [0.4, 0.5) is 11.4 Å². The second-order valence-electron chi connectivity index (χ2n) is 13.4. The van der Waals surface area contributed by atoms with E-state index in [1.807, 2.05) is 0 Å². The number of benzene rings is 2. The molecule has 0 aromatic heterocycles. The van der Waals surface area contributed by atoms with Crippen LogP contribution in [0.15, 0.2) is 72.5 Å². The number of hydrogen-bond donors (Lipinski definition) is 2. The number of para-hydroxylation sites is 2. The number of ether oxygens (including phenoxy) is 2. The van der Waals surface area contributed by atoms with E-state index in [4.69, 9.17) is 21.1 Å². The summed E-state index contributed by atoms with van der Waals surface area (Å²) in [6.07, 6.45) is 14.6. The molecule has 0 saturated heterocycles. The van der Waals surface area contributed by atoms with Crippen molar-refractivity contribution in [1.29, 1.82) is 0 Å². The van der Waals surface area contributed by atoms with Crippen molar-refractivity contribution in [2.75, 3.05) is 50.7 Å². The molecule has 0 saturated carbocycles. The molecule has 2 aliphatic heterocycles. The maximum Gasteiger partial charge on any atom is 0.220 e. The number of nitrogens with one attached hydrogen (secondary N) is 2. The highest BCUT2D eigenvalue weighted by atomic mass is 35.5. The van der Waals surface area contributed by atoms with Crippen LogP contribution in [-0.2, 0) is 25.1 Å². The third-order valence-electron chi connectivity index (χ3n) is 9.26. The number of halogens is 1. The van der Waals surface area contributed by atoms with Gasteiger partial charge in [-0.05, 0) is 57.2 Å². The van der Waals surface area contributed by atoms with Gasteiger partial charge >= 0.3 is 0 Å². The Bertz CT molecular complexity index is 1380. The number of nitrogens with zero attached hydrogens (tertiary/aromatic N) is 1. The highest BCUT2D eigenvalue weighted by Crippen LogP contribution is 2.43. The van der Waals surface area contributed by atoms with Crippen molar-refractivity contribution in [2.24, 2.45) is 0 Å². The molecule has 7 heteroatoms. The van der Waals surface area contributed by atoms with Crippen molar-refractivity contribution in [2.45, 2.75) is 89.9 Å². The van der Waals surface area contributed by atoms with Gasteiger partial charge in [-0.3, -0.25) is 4.79 Å². The molecule has 2 aliphatic rings. The zero-order valence-electron chi connectivity index (χ0n) is 28.5. The predicted octanol–water partition coefficient (Wildman–Crippen LogP) is 8.42. The lowest BCUT2D eigenvalue weighted by atomic mass is 9.81. The third kappa shape index (κ3) is 9.56. The molecule has 0 unspecified atom stereocenters. The number of carbonyl (C=O) groups is 1. The Balaban J connectivity index is 1.20. The summed E-state index contributed by atoms with van der Waals surface area (Å²) in [6.45, 7) is 13.1. The maximum atomic E-state index is 12.4. The van der Waals surface area contributed by atoms with Gasteiger partial charge in [0.05, 0.1) is 25.2 Å². The number of amides is 1. The fourth-order valence-electron chi connectivity index (χ4n) is 6.51. The van der Waals surface area contributed by atoms with Crippen molar-refractivity contribution >= 4 is 34.6 Å². The Labute approximate surface area is 282 Å². The Morgan fingerprint density at radius 1 is 0.826 bits per heavy atom. The Hall–Kier alpha value is -2.93. The Morgan fingerprint density at radius 3 is 2.30 bits per heavy atom. The molecule has 0 atom stereocenters. The normalized spacial score (nSPS) is 17.0. The molecule has 0 spiro atoms. The maximum absolute atomic E-state index is 12.4. The third-order valence-corrected chi connectivity index (χ3v) is 9.53. The molecule has 46 heavy (non-hydrogen) atoms. The van der Waals surface area contributed by atoms with Gasteiger partial charge in [0, 0.05) is 66.4 Å². The molecule has 2 N–H and O–H groups in total. The fourth-order valence-corrected chi connectivity index (χ4v) is 6.70. The highest BCUT2D eigenvalue weighted by Gasteiger charge is 2.43. The van der Waals surface area contributed by atoms with Gasteiger partial charge in [0.25, 0.3) is 0 Å². The summed E-state index contributed by atoms with van der Waals surface area (Å²) >= 11 is 5.69. The number of carbonyl (C=O) groups excluding carboxylic acids is 1. The number of alkyl halides is 1. The van der Waals surface area contributed by atoms with Crippen LogP contribution in [0.5, 0.6) is 0 Å². The molecular formula is C39H55ClN3O3+. The van der Waals surface area contributed by atoms with Gasteiger partial charge in [-0.15, -0.1) is 11.6 Å². The summed E-state index contributed by atoms with van der Waals surface area (Å²) in [5, 5.41) is 6.61. The first-order valence-corrected chi connectivity index (χ1v) is 17.8. The number of rotatable bonds is 20. The second-order valence-corrected chi connectivity index (χ2v) is 13.8. The van der Waals surface area contributed by atoms with Crippen LogP contribution in [-0.4, -0.2) is 61.6 Å². The number of anilines is 1. The number of unbranched alkanes of at least 4 members (excludes halogenated alkanes) is 5. The van der Waals surface area contributed by atoms with Gasteiger partial charge < -0.3 is 20.1 Å². The van der Waals surface area contributed by atoms with Gasteiger partial charge in [0.1, 0.15) is 6.54 Å². The van der Waals surface area contributed by atoms with Gasteiger partial charge in [-0.25, -0.2) is 0 Å². The molecule has 250 valence electrons. The van der Waals surface area contributed by atoms with Crippen molar-refractivity contribution in [3.63, 3.8) is 0 Å². The van der Waals surface area contributed by atoms with Crippen LogP contribution >= 0.6 is 11.6 Å². The number of allylic oxidation sites excluding steroid dienone is 4. The van der Waals surface area contributed by atoms with Crippen molar-refractivity contribution in [3.05, 3.63) is 83.6 Å². The van der Waals surface area contributed by atoms with Crippen molar-refractivity contribution < 1.29 is 18.8 Å². The first-order chi connectivity index (χ1) is 22.3. The molecule has 0 aliphatic carbocycles. The van der Waals surface area contributed by atoms with Crippen molar-refractivity contribution in [1.82, 2.24) is 5.32 Å². The van der Waals surface area contributed by atoms with E-state index >= 15 is 0 Å². The summed E-state index contributed by atoms with van der Waals surface area (Å²) < 4.78 is 13.7. The largest absolute Gasteiger partial charge is 0.379 e. The van der Waals surface area contributed by atoms with E-state index in [2.05, 4.69) is 110 Å². The van der Waals surface area contributed by atoms with Crippen LogP contribution < -0.4 is 10.6 Å². The summed E-state index contributed by atoms with van der Waals surface area (Å²) in [7, 11) is 0. The minimum Gasteiger partial charge on any atom is -0.379 e. The van der Waals surface area contributed by atoms with E-state index in [-0.39, 0.29) is 16.7 Å². The van der Waals surface area contributed by atoms with E-state index in [1.165, 1.54) is 33.9 Å². The molecule has 0 bridgehead atoms. The quantitative estimate of drug-likeness (QED) is 0.0860. The van der Waals surface area contributed by atoms with Crippen LogP contribution in [0.2, 0.25) is 0 Å². The molecule has 0 radical (unpaired) electrons. The standard InChI is InChI=1S/C39H54ClN3O3/c1-38(2)31-17-9-11-19-33(31)42-35(38)21-16-22-36-39(3,4)32-18-10-12-20-34(32)43(36)26-14-7-8-23-37(44)41-25-28-46-30-29-45-27-15-6-5-13-24-40/h9-12,16-22H,5-8,13-15,23-30H2,1-4H3,(H,41,44)/p+1. The first-order valence-electron chi connectivity index (χ1n) is 17.2. The topological polar surface area (TPSA) is 62.6 Å². The smallest absolute Gasteiger partial charge is 0.220 e. The summed E-state index contributed by atoms with van der Waals surface area (Å²) in [4.78, 5) is 12.4. The van der Waals surface area contributed by atoms with Crippen LogP contribution in [0.1, 0.15) is 90.2 Å². The summed E-state index contributed by atoms with van der Waals surface area (Å²) in [5.74, 6) is 0.835. The predicted molar refractivity (Wildman–Crippen MR) is 192 cm³/mol. The van der Waals surface area contributed by atoms with Gasteiger partial charge in [0.15, 0.2) is 5.71 Å². The monoisotopic (exact) mass is 648 g/mol. The minimum absolute atomic E-state index is 0.0578. The SMILES string of the molecule is CC1(C)C(=C/C=C/C2=[N+](CCCCCC(=O)NCCOCCOCCCCCCCl)c3ccccc3C2(C)C)Nc2ccccc21. The van der Waals surface area contributed by atoms with Crippen LogP contribution in [0.3, 0.4) is 0 Å². The molecule has 0 fully saturated rings. The molecule has 2 aromatic carbocycles. The van der Waals surface area contributed by atoms with E-state index in [0.29, 0.717) is 32.8 Å². The Morgan fingerprint density at radius 2 is 1.52 bits per heavy atom. The summed E-state index contributed by atoms with van der Waals surface area (Å²) in [5.41, 5.74) is 7.55. The lowest BCUT2D eigenvalue weighted by Crippen LogP contribution is -2.28. The number of hydrogen-bond acceptors (Lipinski definition) is 4. The fraction of sp³-hybridized carbons (Fsp3) is 0.538. The average molecular weight is 649 g/mol. The van der Waals surface area contributed by atoms with E-state index in [9.17, 15) is 4.79 Å². The van der Waals surface area contributed by atoms with Gasteiger partial charge in [-0.1, -0.05) is 69.2 Å². The minimum atomic E-state index is -0.0918. The molecule has 6 nitrogen and oxygen atoms in total. The van der Waals surface area contributed by atoms with Gasteiger partial charge in [-0.2, -0.15) is 4.58 Å². The highest BCUT2D eigenvalue weighted by molar-refractivity contribution is 6.17. The van der Waals surface area contributed by atoms with Crippen LogP contribution in [0, 0.1) is 0 Å². The zero-order valence-corrected chi connectivity index (χ0v) is 29.3.